The lowest BCUT2D eigenvalue weighted by molar-refractivity contribution is 0.601. The SMILES string of the molecule is CNCc1cc(S(=O)(=O)Nc2ccsc2)ccc1Cl. The van der Waals surface area contributed by atoms with E-state index in [9.17, 15) is 8.42 Å². The Kier molecular flexibility index (Phi) is 4.46. The van der Waals surface area contributed by atoms with Crippen LogP contribution in [0.15, 0.2) is 39.9 Å². The molecule has 19 heavy (non-hydrogen) atoms. The van der Waals surface area contributed by atoms with Crippen LogP contribution in [0.2, 0.25) is 5.02 Å². The van der Waals surface area contributed by atoms with Crippen molar-refractivity contribution < 1.29 is 8.42 Å². The number of hydrogen-bond donors (Lipinski definition) is 2. The Morgan fingerprint density at radius 3 is 2.74 bits per heavy atom. The summed E-state index contributed by atoms with van der Waals surface area (Å²) in [5.41, 5.74) is 1.31. The Labute approximate surface area is 121 Å². The lowest BCUT2D eigenvalue weighted by Gasteiger charge is -2.09. The summed E-state index contributed by atoms with van der Waals surface area (Å²) in [5.74, 6) is 0. The van der Waals surface area contributed by atoms with Gasteiger partial charge in [-0.15, -0.1) is 0 Å². The zero-order chi connectivity index (χ0) is 13.9. The third kappa shape index (κ3) is 3.48. The Balaban J connectivity index is 2.32. The predicted molar refractivity (Wildman–Crippen MR) is 79.3 cm³/mol. The van der Waals surface area contributed by atoms with Gasteiger partial charge < -0.3 is 5.32 Å². The van der Waals surface area contributed by atoms with E-state index in [4.69, 9.17) is 11.6 Å². The summed E-state index contributed by atoms with van der Waals surface area (Å²) in [6.45, 7) is 0.515. The van der Waals surface area contributed by atoms with E-state index < -0.39 is 10.0 Å². The molecule has 0 saturated carbocycles. The zero-order valence-electron chi connectivity index (χ0n) is 10.2. The third-order valence-corrected chi connectivity index (χ3v) is 4.90. The number of halogens is 1. The molecule has 7 heteroatoms. The lowest BCUT2D eigenvalue weighted by atomic mass is 10.2. The van der Waals surface area contributed by atoms with Crippen molar-refractivity contribution in [2.45, 2.75) is 11.4 Å². The molecule has 1 aromatic carbocycles. The first-order chi connectivity index (χ1) is 9.03. The molecule has 0 bridgehead atoms. The van der Waals surface area contributed by atoms with Crippen LogP contribution in [0.5, 0.6) is 0 Å². The Hall–Kier alpha value is -1.08. The van der Waals surface area contributed by atoms with Crippen LogP contribution in [0, 0.1) is 0 Å². The Morgan fingerprint density at radius 2 is 2.11 bits per heavy atom. The van der Waals surface area contributed by atoms with Crippen molar-refractivity contribution in [3.63, 3.8) is 0 Å². The fourth-order valence-electron chi connectivity index (χ4n) is 1.58. The summed E-state index contributed by atoms with van der Waals surface area (Å²) in [4.78, 5) is 0.202. The molecule has 0 amide bonds. The van der Waals surface area contributed by atoms with E-state index >= 15 is 0 Å². The van der Waals surface area contributed by atoms with Crippen molar-refractivity contribution in [3.05, 3.63) is 45.6 Å². The minimum absolute atomic E-state index is 0.202. The molecule has 2 N–H and O–H groups in total. The van der Waals surface area contributed by atoms with Gasteiger partial charge in [-0.1, -0.05) is 11.6 Å². The summed E-state index contributed by atoms with van der Waals surface area (Å²) >= 11 is 7.45. The van der Waals surface area contributed by atoms with E-state index in [2.05, 4.69) is 10.0 Å². The smallest absolute Gasteiger partial charge is 0.261 e. The topological polar surface area (TPSA) is 58.2 Å². The number of benzene rings is 1. The first kappa shape index (κ1) is 14.3. The van der Waals surface area contributed by atoms with Crippen LogP contribution in [-0.4, -0.2) is 15.5 Å². The summed E-state index contributed by atoms with van der Waals surface area (Å²) in [6, 6.07) is 6.38. The Morgan fingerprint density at radius 1 is 1.32 bits per heavy atom. The van der Waals surface area contributed by atoms with Crippen LogP contribution in [0.3, 0.4) is 0 Å². The zero-order valence-corrected chi connectivity index (χ0v) is 12.6. The van der Waals surface area contributed by atoms with Gasteiger partial charge in [0.15, 0.2) is 0 Å². The monoisotopic (exact) mass is 316 g/mol. The van der Waals surface area contributed by atoms with Gasteiger partial charge in [0.1, 0.15) is 0 Å². The van der Waals surface area contributed by atoms with Gasteiger partial charge in [0.05, 0.1) is 10.6 Å². The van der Waals surface area contributed by atoms with E-state index in [0.29, 0.717) is 17.3 Å². The second-order valence-corrected chi connectivity index (χ2v) is 6.77. The van der Waals surface area contributed by atoms with Crippen molar-refractivity contribution >= 4 is 38.6 Å². The van der Waals surface area contributed by atoms with Crippen molar-refractivity contribution in [2.75, 3.05) is 11.8 Å². The fraction of sp³-hybridized carbons (Fsp3) is 0.167. The average Bonchev–Trinajstić information content (AvgIpc) is 2.84. The van der Waals surface area contributed by atoms with Gasteiger partial charge >= 0.3 is 0 Å². The second kappa shape index (κ2) is 5.92. The van der Waals surface area contributed by atoms with E-state index in [0.717, 1.165) is 5.56 Å². The standard InChI is InChI=1S/C12H13ClN2O2S2/c1-14-7-9-6-11(2-3-12(9)13)19(16,17)15-10-4-5-18-8-10/h2-6,8,14-15H,7H2,1H3. The van der Waals surface area contributed by atoms with Gasteiger partial charge in [-0.3, -0.25) is 4.72 Å². The van der Waals surface area contributed by atoms with Crippen LogP contribution in [-0.2, 0) is 16.6 Å². The first-order valence-corrected chi connectivity index (χ1v) is 8.31. The minimum atomic E-state index is -3.57. The van der Waals surface area contributed by atoms with Crippen LogP contribution in [0.1, 0.15) is 5.56 Å². The van der Waals surface area contributed by atoms with Gasteiger partial charge in [-0.2, -0.15) is 11.3 Å². The predicted octanol–water partition coefficient (Wildman–Crippen LogP) is 2.92. The summed E-state index contributed by atoms with van der Waals surface area (Å²) in [6.07, 6.45) is 0. The van der Waals surface area contributed by atoms with Crippen molar-refractivity contribution in [2.24, 2.45) is 0 Å². The summed E-state index contributed by atoms with van der Waals surface area (Å²) < 4.78 is 26.9. The Bertz CT molecular complexity index is 654. The van der Waals surface area contributed by atoms with E-state index in [-0.39, 0.29) is 4.90 Å². The summed E-state index contributed by atoms with van der Waals surface area (Å²) in [5, 5.41) is 7.05. The highest BCUT2D eigenvalue weighted by Gasteiger charge is 2.16. The molecule has 2 rings (SSSR count). The molecule has 0 unspecified atom stereocenters. The highest BCUT2D eigenvalue weighted by atomic mass is 35.5. The molecule has 102 valence electrons. The molecular weight excluding hydrogens is 304 g/mol. The molecule has 0 saturated heterocycles. The molecule has 0 aliphatic heterocycles. The molecule has 1 aromatic heterocycles. The first-order valence-electron chi connectivity index (χ1n) is 5.51. The largest absolute Gasteiger partial charge is 0.316 e. The molecule has 0 fully saturated rings. The molecule has 0 radical (unpaired) electrons. The van der Waals surface area contributed by atoms with Crippen LogP contribution in [0.4, 0.5) is 5.69 Å². The maximum absolute atomic E-state index is 12.2. The van der Waals surface area contributed by atoms with Crippen LogP contribution < -0.4 is 10.0 Å². The lowest BCUT2D eigenvalue weighted by Crippen LogP contribution is -2.13. The van der Waals surface area contributed by atoms with Crippen molar-refractivity contribution in [1.29, 1.82) is 0 Å². The maximum Gasteiger partial charge on any atom is 0.261 e. The summed E-state index contributed by atoms with van der Waals surface area (Å²) in [7, 11) is -1.79. The van der Waals surface area contributed by atoms with E-state index in [1.165, 1.54) is 17.4 Å². The van der Waals surface area contributed by atoms with E-state index in [1.807, 2.05) is 5.38 Å². The second-order valence-electron chi connectivity index (χ2n) is 3.90. The average molecular weight is 317 g/mol. The normalized spacial score (nSPS) is 11.5. The molecule has 4 nitrogen and oxygen atoms in total. The number of thiophene rings is 1. The van der Waals surface area contributed by atoms with Gasteiger partial charge in [0, 0.05) is 16.9 Å². The highest BCUT2D eigenvalue weighted by molar-refractivity contribution is 7.92. The van der Waals surface area contributed by atoms with Gasteiger partial charge in [-0.25, -0.2) is 8.42 Å². The number of rotatable bonds is 5. The molecule has 1 heterocycles. The van der Waals surface area contributed by atoms with E-state index in [1.54, 1.807) is 30.6 Å². The van der Waals surface area contributed by atoms with Gasteiger partial charge in [0.2, 0.25) is 0 Å². The molecule has 2 aromatic rings. The number of hydrogen-bond acceptors (Lipinski definition) is 4. The molecular formula is C12H13ClN2O2S2. The van der Waals surface area contributed by atoms with Gasteiger partial charge in [0.25, 0.3) is 10.0 Å². The van der Waals surface area contributed by atoms with Crippen molar-refractivity contribution in [3.8, 4) is 0 Å². The quantitative estimate of drug-likeness (QED) is 0.891. The number of anilines is 1. The molecule has 0 aliphatic carbocycles. The van der Waals surface area contributed by atoms with Gasteiger partial charge in [-0.05, 0) is 42.3 Å². The number of nitrogens with one attached hydrogen (secondary N) is 2. The molecule has 0 spiro atoms. The maximum atomic E-state index is 12.2. The molecule has 0 atom stereocenters. The van der Waals surface area contributed by atoms with Crippen molar-refractivity contribution in [1.82, 2.24) is 5.32 Å². The minimum Gasteiger partial charge on any atom is -0.316 e. The third-order valence-electron chi connectivity index (χ3n) is 2.47. The number of sulfonamides is 1. The van der Waals surface area contributed by atoms with Crippen LogP contribution in [0.25, 0.3) is 0 Å². The molecule has 0 aliphatic rings. The van der Waals surface area contributed by atoms with Crippen LogP contribution >= 0.6 is 22.9 Å². The fourth-order valence-corrected chi connectivity index (χ4v) is 3.53. The highest BCUT2D eigenvalue weighted by Crippen LogP contribution is 2.23.